The number of fused-ring (bicyclic) bond motifs is 1. The van der Waals surface area contributed by atoms with Crippen LogP contribution in [0.2, 0.25) is 0 Å². The fourth-order valence-electron chi connectivity index (χ4n) is 3.46. The quantitative estimate of drug-likeness (QED) is 0.699. The average molecular weight is 377 g/mol. The number of halogens is 1. The standard InChI is InChI=1S/C17H20FN5O2S/c18-13-3-1-2-12(10-13)14(22-6-4-21(5-7-22)8-9-24)15-16(25)23-17(26-15)19-11-20-23/h1-3,10-11,14,24-25H,4-9H2/t14-/m0/s1. The van der Waals surface area contributed by atoms with E-state index in [4.69, 9.17) is 5.11 Å². The number of β-amino-alcohol motifs (C(OH)–C–C–N with tert-alkyl or cyclic N) is 1. The Hall–Kier alpha value is -2.07. The van der Waals surface area contributed by atoms with E-state index in [2.05, 4.69) is 19.9 Å². The SMILES string of the molecule is OCCN1CCN([C@@H](c2cccc(F)c2)c2sc3ncnn3c2O)CC1. The van der Waals surface area contributed by atoms with Crippen molar-refractivity contribution in [1.29, 1.82) is 0 Å². The van der Waals surface area contributed by atoms with Gasteiger partial charge in [0.05, 0.1) is 17.5 Å². The van der Waals surface area contributed by atoms with Crippen molar-refractivity contribution >= 4 is 16.3 Å². The molecule has 26 heavy (non-hydrogen) atoms. The van der Waals surface area contributed by atoms with E-state index in [1.165, 1.54) is 34.3 Å². The van der Waals surface area contributed by atoms with Gasteiger partial charge in [0.1, 0.15) is 12.1 Å². The molecule has 0 unspecified atom stereocenters. The molecule has 4 rings (SSSR count). The molecule has 2 aromatic heterocycles. The van der Waals surface area contributed by atoms with E-state index in [0.29, 0.717) is 16.4 Å². The lowest BCUT2D eigenvalue weighted by atomic mass is 10.0. The number of thiazole rings is 1. The maximum atomic E-state index is 13.9. The first-order chi connectivity index (χ1) is 12.7. The van der Waals surface area contributed by atoms with Crippen LogP contribution in [0, 0.1) is 5.82 Å². The summed E-state index contributed by atoms with van der Waals surface area (Å²) in [5.41, 5.74) is 0.792. The molecule has 0 spiro atoms. The van der Waals surface area contributed by atoms with Crippen LogP contribution in [-0.4, -0.2) is 73.9 Å². The van der Waals surface area contributed by atoms with E-state index in [9.17, 15) is 9.50 Å². The van der Waals surface area contributed by atoms with Crippen molar-refractivity contribution in [2.75, 3.05) is 39.3 Å². The van der Waals surface area contributed by atoms with Gasteiger partial charge in [0, 0.05) is 32.7 Å². The molecule has 7 nitrogen and oxygen atoms in total. The number of piperazine rings is 1. The Morgan fingerprint density at radius 2 is 2.04 bits per heavy atom. The van der Waals surface area contributed by atoms with Crippen molar-refractivity contribution in [3.63, 3.8) is 0 Å². The van der Waals surface area contributed by atoms with Gasteiger partial charge in [0.2, 0.25) is 10.8 Å². The molecule has 1 fully saturated rings. The highest BCUT2D eigenvalue weighted by Crippen LogP contribution is 2.40. The number of rotatable bonds is 5. The zero-order valence-corrected chi connectivity index (χ0v) is 14.9. The number of nitrogens with zero attached hydrogens (tertiary/aromatic N) is 5. The second-order valence-electron chi connectivity index (χ2n) is 6.30. The van der Waals surface area contributed by atoms with Gasteiger partial charge in [0.15, 0.2) is 0 Å². The largest absolute Gasteiger partial charge is 0.492 e. The Morgan fingerprint density at radius 3 is 2.73 bits per heavy atom. The van der Waals surface area contributed by atoms with Gasteiger partial charge < -0.3 is 10.2 Å². The minimum absolute atomic E-state index is 0.0505. The number of aliphatic hydroxyl groups excluding tert-OH is 1. The topological polar surface area (TPSA) is 77.1 Å². The minimum atomic E-state index is -0.301. The van der Waals surface area contributed by atoms with Gasteiger partial charge in [-0.25, -0.2) is 9.37 Å². The third-order valence-corrected chi connectivity index (χ3v) is 5.83. The van der Waals surface area contributed by atoms with Crippen molar-refractivity contribution < 1.29 is 14.6 Å². The van der Waals surface area contributed by atoms with Crippen molar-refractivity contribution in [3.8, 4) is 5.88 Å². The highest BCUT2D eigenvalue weighted by Gasteiger charge is 2.31. The first kappa shape index (κ1) is 17.3. The number of benzene rings is 1. The molecular formula is C17H20FN5O2S. The summed E-state index contributed by atoms with van der Waals surface area (Å²) < 4.78 is 15.3. The Morgan fingerprint density at radius 1 is 1.23 bits per heavy atom. The second kappa shape index (κ2) is 7.28. The molecule has 9 heteroatoms. The third kappa shape index (κ3) is 3.18. The van der Waals surface area contributed by atoms with Crippen LogP contribution in [0.1, 0.15) is 16.5 Å². The van der Waals surface area contributed by atoms with Crippen LogP contribution in [0.25, 0.3) is 4.96 Å². The predicted molar refractivity (Wildman–Crippen MR) is 95.9 cm³/mol. The first-order valence-corrected chi connectivity index (χ1v) is 9.33. The van der Waals surface area contributed by atoms with E-state index >= 15 is 0 Å². The fourth-order valence-corrected chi connectivity index (χ4v) is 4.55. The average Bonchev–Trinajstić information content (AvgIpc) is 3.21. The maximum Gasteiger partial charge on any atom is 0.230 e. The van der Waals surface area contributed by atoms with Crippen LogP contribution in [0.15, 0.2) is 30.6 Å². The number of hydrogen-bond donors (Lipinski definition) is 2. The molecule has 0 amide bonds. The maximum absolute atomic E-state index is 13.9. The molecule has 2 N–H and O–H groups in total. The van der Waals surface area contributed by atoms with E-state index < -0.39 is 0 Å². The zero-order chi connectivity index (χ0) is 18.1. The van der Waals surface area contributed by atoms with Gasteiger partial charge in [-0.1, -0.05) is 23.5 Å². The summed E-state index contributed by atoms with van der Waals surface area (Å²) in [4.78, 5) is 9.90. The molecule has 0 saturated carbocycles. The minimum Gasteiger partial charge on any atom is -0.492 e. The normalized spacial score (nSPS) is 17.8. The van der Waals surface area contributed by atoms with Crippen molar-refractivity contribution in [1.82, 2.24) is 24.4 Å². The van der Waals surface area contributed by atoms with Crippen LogP contribution in [0.4, 0.5) is 4.39 Å². The lowest BCUT2D eigenvalue weighted by molar-refractivity contribution is 0.0944. The van der Waals surface area contributed by atoms with Gasteiger partial charge in [0.25, 0.3) is 0 Å². The summed E-state index contributed by atoms with van der Waals surface area (Å²) in [7, 11) is 0. The Labute approximate surface area is 153 Å². The van der Waals surface area contributed by atoms with Gasteiger partial charge in [-0.3, -0.25) is 9.80 Å². The van der Waals surface area contributed by atoms with Crippen LogP contribution >= 0.6 is 11.3 Å². The summed E-state index contributed by atoms with van der Waals surface area (Å²) in [6, 6.07) is 6.23. The molecule has 0 radical (unpaired) electrons. The van der Waals surface area contributed by atoms with Crippen molar-refractivity contribution in [2.45, 2.75) is 6.04 Å². The smallest absolute Gasteiger partial charge is 0.230 e. The molecule has 1 saturated heterocycles. The third-order valence-electron chi connectivity index (χ3n) is 4.74. The van der Waals surface area contributed by atoms with E-state index in [1.807, 2.05) is 6.07 Å². The molecule has 3 heterocycles. The number of aliphatic hydroxyl groups is 1. The Kier molecular flexibility index (Phi) is 4.86. The van der Waals surface area contributed by atoms with E-state index in [0.717, 1.165) is 31.7 Å². The van der Waals surface area contributed by atoms with Gasteiger partial charge in [-0.05, 0) is 17.7 Å². The molecule has 1 atom stereocenters. The van der Waals surface area contributed by atoms with Crippen LogP contribution in [-0.2, 0) is 0 Å². The Bertz CT molecular complexity index is 890. The molecule has 0 bridgehead atoms. The number of aromatic nitrogens is 3. The van der Waals surface area contributed by atoms with Gasteiger partial charge in [-0.2, -0.15) is 9.61 Å². The summed E-state index contributed by atoms with van der Waals surface area (Å²) in [5, 5.41) is 23.8. The van der Waals surface area contributed by atoms with Crippen molar-refractivity contribution in [3.05, 3.63) is 46.9 Å². The first-order valence-electron chi connectivity index (χ1n) is 8.51. The summed E-state index contributed by atoms with van der Waals surface area (Å²) >= 11 is 1.37. The van der Waals surface area contributed by atoms with E-state index in [-0.39, 0.29) is 24.3 Å². The Balaban J connectivity index is 1.71. The van der Waals surface area contributed by atoms with Crippen LogP contribution in [0.5, 0.6) is 5.88 Å². The van der Waals surface area contributed by atoms with Gasteiger partial charge >= 0.3 is 0 Å². The predicted octanol–water partition coefficient (Wildman–Crippen LogP) is 1.33. The molecule has 3 aromatic rings. The molecule has 1 aliphatic heterocycles. The monoisotopic (exact) mass is 377 g/mol. The van der Waals surface area contributed by atoms with Crippen molar-refractivity contribution in [2.24, 2.45) is 0 Å². The van der Waals surface area contributed by atoms with Crippen LogP contribution in [0.3, 0.4) is 0 Å². The summed E-state index contributed by atoms with van der Waals surface area (Å²) in [5.74, 6) is -0.250. The number of hydrogen-bond acceptors (Lipinski definition) is 7. The summed E-state index contributed by atoms with van der Waals surface area (Å²) in [6.07, 6.45) is 1.40. The fraction of sp³-hybridized carbons (Fsp3) is 0.412. The summed E-state index contributed by atoms with van der Waals surface area (Å²) in [6.45, 7) is 3.94. The zero-order valence-electron chi connectivity index (χ0n) is 14.1. The molecule has 1 aromatic carbocycles. The molecule has 1 aliphatic rings. The highest BCUT2D eigenvalue weighted by molar-refractivity contribution is 7.17. The molecule has 138 valence electrons. The second-order valence-corrected chi connectivity index (χ2v) is 7.31. The highest BCUT2D eigenvalue weighted by atomic mass is 32.1. The lowest BCUT2D eigenvalue weighted by Gasteiger charge is -2.39. The molecular weight excluding hydrogens is 357 g/mol. The lowest BCUT2D eigenvalue weighted by Crippen LogP contribution is -2.48. The molecule has 0 aliphatic carbocycles. The van der Waals surface area contributed by atoms with Crippen LogP contribution < -0.4 is 0 Å². The number of aromatic hydroxyl groups is 1. The van der Waals surface area contributed by atoms with E-state index in [1.54, 1.807) is 6.07 Å². The van der Waals surface area contributed by atoms with Gasteiger partial charge in [-0.15, -0.1) is 0 Å².